The average molecular weight is 235 g/mol. The van der Waals surface area contributed by atoms with Gasteiger partial charge in [-0.1, -0.05) is 5.21 Å². The summed E-state index contributed by atoms with van der Waals surface area (Å²) in [5.41, 5.74) is 1.16. The molecule has 1 aliphatic carbocycles. The maximum Gasteiger partial charge on any atom is 0.0738 e. The van der Waals surface area contributed by atoms with E-state index in [1.807, 2.05) is 17.9 Å². The Hall–Kier alpha value is -0.940. The SMILES string of the molecule is Cn1nncc1CNC1CCN(C2CC2)CC1. The summed E-state index contributed by atoms with van der Waals surface area (Å²) in [5.74, 6) is 0. The molecule has 0 radical (unpaired) electrons. The highest BCUT2D eigenvalue weighted by Crippen LogP contribution is 2.29. The number of likely N-dealkylation sites (tertiary alicyclic amines) is 1. The Morgan fingerprint density at radius 1 is 1.29 bits per heavy atom. The first-order valence-corrected chi connectivity index (χ1v) is 6.64. The molecule has 2 aliphatic rings. The summed E-state index contributed by atoms with van der Waals surface area (Å²) in [6.07, 6.45) is 7.26. The van der Waals surface area contributed by atoms with Gasteiger partial charge in [0.2, 0.25) is 0 Å². The van der Waals surface area contributed by atoms with Crippen LogP contribution in [-0.2, 0) is 13.6 Å². The molecule has 94 valence electrons. The van der Waals surface area contributed by atoms with Crippen LogP contribution in [0.3, 0.4) is 0 Å². The van der Waals surface area contributed by atoms with Crippen LogP contribution in [0, 0.1) is 0 Å². The van der Waals surface area contributed by atoms with Gasteiger partial charge in [-0.3, -0.25) is 4.68 Å². The van der Waals surface area contributed by atoms with Crippen LogP contribution in [0.25, 0.3) is 0 Å². The van der Waals surface area contributed by atoms with Crippen LogP contribution in [0.5, 0.6) is 0 Å². The highest BCUT2D eigenvalue weighted by atomic mass is 15.4. The number of hydrogen-bond donors (Lipinski definition) is 1. The molecule has 0 unspecified atom stereocenters. The summed E-state index contributed by atoms with van der Waals surface area (Å²) in [6.45, 7) is 3.43. The van der Waals surface area contributed by atoms with Crippen molar-refractivity contribution in [1.29, 1.82) is 0 Å². The summed E-state index contributed by atoms with van der Waals surface area (Å²) in [7, 11) is 1.94. The van der Waals surface area contributed by atoms with Crippen molar-refractivity contribution in [2.24, 2.45) is 7.05 Å². The molecule has 0 atom stereocenters. The van der Waals surface area contributed by atoms with Crippen molar-refractivity contribution in [3.63, 3.8) is 0 Å². The van der Waals surface area contributed by atoms with E-state index in [0.717, 1.165) is 18.3 Å². The van der Waals surface area contributed by atoms with Crippen molar-refractivity contribution in [3.8, 4) is 0 Å². The molecule has 1 aromatic rings. The van der Waals surface area contributed by atoms with Gasteiger partial charge in [-0.15, -0.1) is 5.10 Å². The minimum Gasteiger partial charge on any atom is -0.308 e. The maximum absolute atomic E-state index is 3.94. The van der Waals surface area contributed by atoms with Gasteiger partial charge in [0.15, 0.2) is 0 Å². The minimum absolute atomic E-state index is 0.667. The van der Waals surface area contributed by atoms with Crippen LogP contribution in [0.2, 0.25) is 0 Å². The smallest absolute Gasteiger partial charge is 0.0738 e. The van der Waals surface area contributed by atoms with Gasteiger partial charge < -0.3 is 10.2 Å². The zero-order valence-corrected chi connectivity index (χ0v) is 10.5. The van der Waals surface area contributed by atoms with E-state index in [4.69, 9.17) is 0 Å². The lowest BCUT2D eigenvalue weighted by atomic mass is 10.0. The topological polar surface area (TPSA) is 46.0 Å². The number of rotatable bonds is 4. The first-order chi connectivity index (χ1) is 8.33. The van der Waals surface area contributed by atoms with Crippen molar-refractivity contribution in [1.82, 2.24) is 25.2 Å². The first kappa shape index (κ1) is 11.2. The number of piperidine rings is 1. The van der Waals surface area contributed by atoms with Crippen LogP contribution in [0.15, 0.2) is 6.20 Å². The normalized spacial score (nSPS) is 23.1. The van der Waals surface area contributed by atoms with Crippen molar-refractivity contribution in [2.75, 3.05) is 13.1 Å². The first-order valence-electron chi connectivity index (χ1n) is 6.64. The molecule has 1 N–H and O–H groups in total. The lowest BCUT2D eigenvalue weighted by molar-refractivity contribution is 0.188. The fraction of sp³-hybridized carbons (Fsp3) is 0.833. The third kappa shape index (κ3) is 2.66. The Bertz CT molecular complexity index is 363. The van der Waals surface area contributed by atoms with E-state index in [1.54, 1.807) is 0 Å². The molecule has 0 bridgehead atoms. The molecule has 0 spiro atoms. The Balaban J connectivity index is 1.43. The molecule has 17 heavy (non-hydrogen) atoms. The third-order valence-corrected chi connectivity index (χ3v) is 3.97. The Labute approximate surface area is 102 Å². The third-order valence-electron chi connectivity index (χ3n) is 3.97. The highest BCUT2D eigenvalue weighted by molar-refractivity contribution is 4.94. The van der Waals surface area contributed by atoms with E-state index in [2.05, 4.69) is 20.5 Å². The van der Waals surface area contributed by atoms with Gasteiger partial charge in [0.25, 0.3) is 0 Å². The highest BCUT2D eigenvalue weighted by Gasteiger charge is 2.31. The van der Waals surface area contributed by atoms with Crippen molar-refractivity contribution >= 4 is 0 Å². The van der Waals surface area contributed by atoms with Crippen molar-refractivity contribution < 1.29 is 0 Å². The van der Waals surface area contributed by atoms with Crippen LogP contribution in [0.1, 0.15) is 31.4 Å². The largest absolute Gasteiger partial charge is 0.308 e. The fourth-order valence-electron chi connectivity index (χ4n) is 2.63. The standard InChI is InChI=1S/C12H21N5/c1-16-12(9-14-15-16)8-13-10-4-6-17(7-5-10)11-2-3-11/h9-11,13H,2-8H2,1H3. The Kier molecular flexibility index (Phi) is 3.11. The predicted molar refractivity (Wildman–Crippen MR) is 65.5 cm³/mol. The second kappa shape index (κ2) is 4.74. The van der Waals surface area contributed by atoms with E-state index in [1.165, 1.54) is 38.8 Å². The maximum atomic E-state index is 3.94. The molecule has 5 nitrogen and oxygen atoms in total. The number of aromatic nitrogens is 3. The molecule has 5 heteroatoms. The van der Waals surface area contributed by atoms with Gasteiger partial charge in [-0.25, -0.2) is 0 Å². The van der Waals surface area contributed by atoms with E-state index < -0.39 is 0 Å². The second-order valence-electron chi connectivity index (χ2n) is 5.27. The summed E-state index contributed by atoms with van der Waals surface area (Å²) < 4.78 is 1.84. The van der Waals surface area contributed by atoms with Gasteiger partial charge in [0, 0.05) is 25.7 Å². The van der Waals surface area contributed by atoms with Gasteiger partial charge in [-0.05, 0) is 38.8 Å². The molecule has 1 saturated carbocycles. The van der Waals surface area contributed by atoms with Gasteiger partial charge in [0.05, 0.1) is 11.9 Å². The lowest BCUT2D eigenvalue weighted by Crippen LogP contribution is -2.43. The molecular weight excluding hydrogens is 214 g/mol. The molecule has 3 rings (SSSR count). The van der Waals surface area contributed by atoms with Crippen LogP contribution in [0.4, 0.5) is 0 Å². The molecule has 1 aliphatic heterocycles. The van der Waals surface area contributed by atoms with Gasteiger partial charge in [-0.2, -0.15) is 0 Å². The molecule has 0 amide bonds. The van der Waals surface area contributed by atoms with Gasteiger partial charge >= 0.3 is 0 Å². The van der Waals surface area contributed by atoms with E-state index in [-0.39, 0.29) is 0 Å². The number of nitrogens with zero attached hydrogens (tertiary/aromatic N) is 4. The summed E-state index contributed by atoms with van der Waals surface area (Å²) in [5, 5.41) is 11.5. The molecule has 0 aromatic carbocycles. The zero-order valence-electron chi connectivity index (χ0n) is 10.5. The Morgan fingerprint density at radius 3 is 2.65 bits per heavy atom. The van der Waals surface area contributed by atoms with Crippen LogP contribution < -0.4 is 5.32 Å². The van der Waals surface area contributed by atoms with Crippen LogP contribution in [-0.4, -0.2) is 45.1 Å². The fourth-order valence-corrected chi connectivity index (χ4v) is 2.63. The summed E-state index contributed by atoms with van der Waals surface area (Å²) in [4.78, 5) is 2.66. The molecular formula is C12H21N5. The molecule has 2 fully saturated rings. The van der Waals surface area contributed by atoms with Crippen molar-refractivity contribution in [3.05, 3.63) is 11.9 Å². The number of nitrogens with one attached hydrogen (secondary N) is 1. The van der Waals surface area contributed by atoms with E-state index >= 15 is 0 Å². The molecule has 1 aromatic heterocycles. The molecule has 2 heterocycles. The van der Waals surface area contributed by atoms with E-state index in [9.17, 15) is 0 Å². The Morgan fingerprint density at radius 2 is 2.06 bits per heavy atom. The summed E-state index contributed by atoms with van der Waals surface area (Å²) in [6, 6.07) is 1.59. The number of aryl methyl sites for hydroxylation is 1. The molecule has 1 saturated heterocycles. The van der Waals surface area contributed by atoms with Crippen molar-refractivity contribution in [2.45, 2.75) is 44.3 Å². The minimum atomic E-state index is 0.667. The quantitative estimate of drug-likeness (QED) is 0.827. The van der Waals surface area contributed by atoms with E-state index in [0.29, 0.717) is 6.04 Å². The average Bonchev–Trinajstić information content (AvgIpc) is 3.12. The summed E-state index contributed by atoms with van der Waals surface area (Å²) >= 11 is 0. The predicted octanol–water partition coefficient (Wildman–Crippen LogP) is 0.531. The second-order valence-corrected chi connectivity index (χ2v) is 5.27. The lowest BCUT2D eigenvalue weighted by Gasteiger charge is -2.32. The van der Waals surface area contributed by atoms with Crippen LogP contribution >= 0.6 is 0 Å². The zero-order chi connectivity index (χ0) is 11.7. The monoisotopic (exact) mass is 235 g/mol. The number of hydrogen-bond acceptors (Lipinski definition) is 4. The van der Waals surface area contributed by atoms with Gasteiger partial charge in [0.1, 0.15) is 0 Å².